The number of hydrogen-bond donors (Lipinski definition) is 0. The molecular formula is C53H35N3. The standard InChI is InChI=1S/C53H35N3/c1-5-15-36(16-6-1)39-25-28-50-46(31-39)47-33-41(26-29-51(47)55(50)43-21-11-4-12-22-43)40-27-30-52-45(32-40)44-23-13-14-24-49(44)56(52)53-35-42(37-17-7-2-8-18-37)34-48(54-53)38-19-9-3-10-20-38/h1-35H. The predicted molar refractivity (Wildman–Crippen MR) is 235 cm³/mol. The molecule has 3 nitrogen and oxygen atoms in total. The maximum absolute atomic E-state index is 5.33. The summed E-state index contributed by atoms with van der Waals surface area (Å²) in [6, 6.07) is 76.3. The van der Waals surface area contributed by atoms with Gasteiger partial charge in [-0.15, -0.1) is 0 Å². The minimum Gasteiger partial charge on any atom is -0.309 e. The maximum Gasteiger partial charge on any atom is 0.138 e. The average Bonchev–Trinajstić information content (AvgIpc) is 3.79. The van der Waals surface area contributed by atoms with Crippen molar-refractivity contribution in [1.82, 2.24) is 14.1 Å². The molecule has 8 aromatic carbocycles. The Balaban J connectivity index is 1.11. The van der Waals surface area contributed by atoms with Crippen LogP contribution in [-0.2, 0) is 0 Å². The molecule has 0 saturated heterocycles. The molecule has 3 heteroatoms. The first-order chi connectivity index (χ1) is 27.8. The average molecular weight is 714 g/mol. The molecule has 0 spiro atoms. The number of fused-ring (bicyclic) bond motifs is 6. The van der Waals surface area contributed by atoms with E-state index in [4.69, 9.17) is 4.98 Å². The zero-order valence-corrected chi connectivity index (χ0v) is 30.5. The summed E-state index contributed by atoms with van der Waals surface area (Å²) in [5, 5.41) is 4.87. The Morgan fingerprint density at radius 2 is 0.696 bits per heavy atom. The minimum absolute atomic E-state index is 0.897. The van der Waals surface area contributed by atoms with Gasteiger partial charge in [0, 0.05) is 32.8 Å². The van der Waals surface area contributed by atoms with Crippen molar-refractivity contribution in [3.8, 4) is 56.1 Å². The highest BCUT2D eigenvalue weighted by atomic mass is 15.1. The lowest BCUT2D eigenvalue weighted by Crippen LogP contribution is -2.00. The van der Waals surface area contributed by atoms with E-state index in [0.717, 1.165) is 44.9 Å². The molecule has 0 N–H and O–H groups in total. The number of para-hydroxylation sites is 2. The Morgan fingerprint density at radius 3 is 1.29 bits per heavy atom. The Kier molecular flexibility index (Phi) is 7.49. The molecule has 0 radical (unpaired) electrons. The zero-order chi connectivity index (χ0) is 37.0. The van der Waals surface area contributed by atoms with Crippen molar-refractivity contribution in [3.63, 3.8) is 0 Å². The van der Waals surface area contributed by atoms with Crippen LogP contribution in [-0.4, -0.2) is 14.1 Å². The van der Waals surface area contributed by atoms with Crippen LogP contribution in [0, 0.1) is 0 Å². The highest BCUT2D eigenvalue weighted by Crippen LogP contribution is 2.40. The molecule has 0 amide bonds. The van der Waals surface area contributed by atoms with Gasteiger partial charge in [-0.3, -0.25) is 4.57 Å². The van der Waals surface area contributed by atoms with Crippen molar-refractivity contribution < 1.29 is 0 Å². The fourth-order valence-electron chi connectivity index (χ4n) is 8.45. The van der Waals surface area contributed by atoms with Gasteiger partial charge in [-0.05, 0) is 100 Å². The molecule has 56 heavy (non-hydrogen) atoms. The second-order valence-corrected chi connectivity index (χ2v) is 14.4. The summed E-state index contributed by atoms with van der Waals surface area (Å²) in [5.74, 6) is 0.897. The van der Waals surface area contributed by atoms with E-state index in [1.54, 1.807) is 0 Å². The molecule has 0 aliphatic rings. The summed E-state index contributed by atoms with van der Waals surface area (Å²) in [4.78, 5) is 5.33. The maximum atomic E-state index is 5.33. The molecule has 0 aliphatic carbocycles. The van der Waals surface area contributed by atoms with E-state index in [0.29, 0.717) is 0 Å². The summed E-state index contributed by atoms with van der Waals surface area (Å²) in [6.45, 7) is 0. The predicted octanol–water partition coefficient (Wildman–Crippen LogP) is 13.9. The van der Waals surface area contributed by atoms with E-state index >= 15 is 0 Å². The van der Waals surface area contributed by atoms with Crippen molar-refractivity contribution in [2.75, 3.05) is 0 Å². The fourth-order valence-corrected chi connectivity index (χ4v) is 8.45. The largest absolute Gasteiger partial charge is 0.309 e. The minimum atomic E-state index is 0.897. The quantitative estimate of drug-likeness (QED) is 0.168. The number of nitrogens with zero attached hydrogens (tertiary/aromatic N) is 3. The van der Waals surface area contributed by atoms with Gasteiger partial charge in [0.1, 0.15) is 5.82 Å². The number of aromatic nitrogens is 3. The molecule has 0 unspecified atom stereocenters. The van der Waals surface area contributed by atoms with Crippen molar-refractivity contribution in [3.05, 3.63) is 212 Å². The normalized spacial score (nSPS) is 11.6. The monoisotopic (exact) mass is 713 g/mol. The van der Waals surface area contributed by atoms with Crippen molar-refractivity contribution in [2.45, 2.75) is 0 Å². The molecular weight excluding hydrogens is 679 g/mol. The second-order valence-electron chi connectivity index (χ2n) is 14.4. The molecule has 11 aromatic rings. The Morgan fingerprint density at radius 1 is 0.268 bits per heavy atom. The summed E-state index contributed by atoms with van der Waals surface area (Å²) in [5.41, 5.74) is 14.9. The van der Waals surface area contributed by atoms with E-state index < -0.39 is 0 Å². The molecule has 262 valence electrons. The zero-order valence-electron chi connectivity index (χ0n) is 30.5. The third-order valence-corrected chi connectivity index (χ3v) is 11.1. The van der Waals surface area contributed by atoms with Crippen LogP contribution in [0.15, 0.2) is 212 Å². The van der Waals surface area contributed by atoms with Gasteiger partial charge in [0.15, 0.2) is 0 Å². The van der Waals surface area contributed by atoms with Crippen molar-refractivity contribution >= 4 is 43.6 Å². The summed E-state index contributed by atoms with van der Waals surface area (Å²) in [7, 11) is 0. The van der Waals surface area contributed by atoms with Crippen molar-refractivity contribution in [1.29, 1.82) is 0 Å². The van der Waals surface area contributed by atoms with Gasteiger partial charge in [0.2, 0.25) is 0 Å². The first-order valence-electron chi connectivity index (χ1n) is 19.1. The van der Waals surface area contributed by atoms with E-state index in [1.807, 2.05) is 0 Å². The van der Waals surface area contributed by atoms with Gasteiger partial charge < -0.3 is 4.57 Å². The number of rotatable bonds is 6. The molecule has 0 aliphatic heterocycles. The third kappa shape index (κ3) is 5.32. The molecule has 11 rings (SSSR count). The molecule has 3 heterocycles. The highest BCUT2D eigenvalue weighted by Gasteiger charge is 2.18. The van der Waals surface area contributed by atoms with Crippen molar-refractivity contribution in [2.24, 2.45) is 0 Å². The van der Waals surface area contributed by atoms with Crippen LogP contribution >= 0.6 is 0 Å². The molecule has 0 atom stereocenters. The van der Waals surface area contributed by atoms with Gasteiger partial charge in [-0.2, -0.15) is 0 Å². The lowest BCUT2D eigenvalue weighted by molar-refractivity contribution is 1.08. The lowest BCUT2D eigenvalue weighted by atomic mass is 9.99. The van der Waals surface area contributed by atoms with Crippen LogP contribution in [0.4, 0.5) is 0 Å². The lowest BCUT2D eigenvalue weighted by Gasteiger charge is -2.13. The number of benzene rings is 8. The SMILES string of the molecule is c1ccc(-c2cc(-c3ccccc3)nc(-n3c4ccccc4c4cc(-c5ccc6c(c5)c5cc(-c7ccccc7)ccc5n6-c5ccccc5)ccc43)c2)cc1. The van der Waals surface area contributed by atoms with Crippen LogP contribution in [0.25, 0.3) is 99.8 Å². The van der Waals surface area contributed by atoms with Crippen LogP contribution in [0.1, 0.15) is 0 Å². The van der Waals surface area contributed by atoms with Gasteiger partial charge in [-0.25, -0.2) is 4.98 Å². The summed E-state index contributed by atoms with van der Waals surface area (Å²) < 4.78 is 4.72. The third-order valence-electron chi connectivity index (χ3n) is 11.1. The number of pyridine rings is 1. The first kappa shape index (κ1) is 32.0. The van der Waals surface area contributed by atoms with Gasteiger partial charge in [-0.1, -0.05) is 146 Å². The van der Waals surface area contributed by atoms with E-state index in [9.17, 15) is 0 Å². The van der Waals surface area contributed by atoms with Gasteiger partial charge >= 0.3 is 0 Å². The topological polar surface area (TPSA) is 22.8 Å². The van der Waals surface area contributed by atoms with E-state index in [1.165, 1.54) is 54.8 Å². The van der Waals surface area contributed by atoms with Gasteiger partial charge in [0.25, 0.3) is 0 Å². The first-order valence-corrected chi connectivity index (χ1v) is 19.1. The Hall–Kier alpha value is -7.49. The van der Waals surface area contributed by atoms with Crippen LogP contribution in [0.5, 0.6) is 0 Å². The van der Waals surface area contributed by atoms with E-state index in [2.05, 4.69) is 221 Å². The fraction of sp³-hybridized carbons (Fsp3) is 0. The Bertz CT molecular complexity index is 3160. The smallest absolute Gasteiger partial charge is 0.138 e. The summed E-state index contributed by atoms with van der Waals surface area (Å²) in [6.07, 6.45) is 0. The second kappa shape index (κ2) is 13.1. The highest BCUT2D eigenvalue weighted by molar-refractivity contribution is 6.13. The van der Waals surface area contributed by atoms with Crippen LogP contribution in [0.2, 0.25) is 0 Å². The van der Waals surface area contributed by atoms with Crippen LogP contribution in [0.3, 0.4) is 0 Å². The van der Waals surface area contributed by atoms with Crippen LogP contribution < -0.4 is 0 Å². The number of hydrogen-bond acceptors (Lipinski definition) is 1. The van der Waals surface area contributed by atoms with E-state index in [-0.39, 0.29) is 0 Å². The molecule has 0 bridgehead atoms. The summed E-state index contributed by atoms with van der Waals surface area (Å²) >= 11 is 0. The Labute approximate surface area is 325 Å². The van der Waals surface area contributed by atoms with Gasteiger partial charge in [0.05, 0.1) is 27.8 Å². The molecule has 0 fully saturated rings. The molecule has 0 saturated carbocycles. The molecule has 3 aromatic heterocycles.